The Hall–Kier alpha value is -0.0800. The van der Waals surface area contributed by atoms with Crippen molar-refractivity contribution in [3.63, 3.8) is 0 Å². The van der Waals surface area contributed by atoms with Crippen molar-refractivity contribution in [3.05, 3.63) is 0 Å². The maximum absolute atomic E-state index is 5.90. The first-order valence-electron chi connectivity index (χ1n) is 7.27. The molecule has 1 unspecified atom stereocenters. The highest BCUT2D eigenvalue weighted by Crippen LogP contribution is 2.14. The Labute approximate surface area is 109 Å². The Morgan fingerprint density at radius 2 is 1.24 bits per heavy atom. The second kappa shape index (κ2) is 8.93. The van der Waals surface area contributed by atoms with Crippen molar-refractivity contribution >= 4 is 0 Å². The topological polar surface area (TPSA) is 29.3 Å². The Morgan fingerprint density at radius 3 is 1.53 bits per heavy atom. The van der Waals surface area contributed by atoms with Crippen molar-refractivity contribution in [1.29, 1.82) is 0 Å². The first-order valence-corrected chi connectivity index (χ1v) is 7.27. The molecule has 2 N–H and O–H groups in total. The number of rotatable bonds is 9. The summed E-state index contributed by atoms with van der Waals surface area (Å²) in [6.45, 7) is 18.2. The van der Waals surface area contributed by atoms with Gasteiger partial charge in [0.25, 0.3) is 0 Å². The smallest absolute Gasteiger partial charge is 0.00220 e. The van der Waals surface area contributed by atoms with Crippen LogP contribution < -0.4 is 5.73 Å². The lowest BCUT2D eigenvalue weighted by Crippen LogP contribution is -2.38. The van der Waals surface area contributed by atoms with Gasteiger partial charge in [-0.1, -0.05) is 41.5 Å². The fourth-order valence-corrected chi connectivity index (χ4v) is 2.53. The van der Waals surface area contributed by atoms with E-state index in [9.17, 15) is 0 Å². The summed E-state index contributed by atoms with van der Waals surface area (Å²) < 4.78 is 0. The molecule has 0 saturated carbocycles. The predicted octanol–water partition coefficient (Wildman–Crippen LogP) is 3.22. The summed E-state index contributed by atoms with van der Waals surface area (Å²) in [5, 5.41) is 0. The van der Waals surface area contributed by atoms with Crippen molar-refractivity contribution in [1.82, 2.24) is 4.90 Å². The van der Waals surface area contributed by atoms with Gasteiger partial charge in [0, 0.05) is 19.6 Å². The molecule has 0 aromatic carbocycles. The van der Waals surface area contributed by atoms with Crippen molar-refractivity contribution in [2.75, 3.05) is 26.2 Å². The molecule has 0 saturated heterocycles. The molecule has 2 nitrogen and oxygen atoms in total. The van der Waals surface area contributed by atoms with Gasteiger partial charge >= 0.3 is 0 Å². The zero-order valence-corrected chi connectivity index (χ0v) is 12.9. The van der Waals surface area contributed by atoms with E-state index in [1.165, 1.54) is 26.1 Å². The minimum absolute atomic E-state index is 0.660. The molecule has 0 aromatic rings. The molecule has 0 fully saturated rings. The van der Waals surface area contributed by atoms with E-state index in [2.05, 4.69) is 46.4 Å². The first-order chi connectivity index (χ1) is 7.85. The summed E-state index contributed by atoms with van der Waals surface area (Å²) in [7, 11) is 0. The van der Waals surface area contributed by atoms with Crippen LogP contribution in [0.2, 0.25) is 0 Å². The van der Waals surface area contributed by atoms with E-state index >= 15 is 0 Å². The second-order valence-electron chi connectivity index (χ2n) is 6.74. The summed E-state index contributed by atoms with van der Waals surface area (Å²) >= 11 is 0. The van der Waals surface area contributed by atoms with Gasteiger partial charge in [0.1, 0.15) is 0 Å². The lowest BCUT2D eigenvalue weighted by Gasteiger charge is -2.30. The maximum Gasteiger partial charge on any atom is 0.00220 e. The third-order valence-electron chi connectivity index (χ3n) is 2.90. The van der Waals surface area contributed by atoms with Gasteiger partial charge in [-0.2, -0.15) is 0 Å². The fourth-order valence-electron chi connectivity index (χ4n) is 2.53. The van der Waals surface area contributed by atoms with Crippen molar-refractivity contribution in [2.45, 2.75) is 48.0 Å². The van der Waals surface area contributed by atoms with Crippen LogP contribution in [0.25, 0.3) is 0 Å². The van der Waals surface area contributed by atoms with Crippen LogP contribution in [0.1, 0.15) is 48.0 Å². The van der Waals surface area contributed by atoms with Gasteiger partial charge in [-0.3, -0.25) is 0 Å². The molecule has 0 aliphatic carbocycles. The fraction of sp³-hybridized carbons (Fsp3) is 1.00. The highest BCUT2D eigenvalue weighted by molar-refractivity contribution is 4.70. The van der Waals surface area contributed by atoms with Crippen LogP contribution in [0.3, 0.4) is 0 Å². The molecule has 0 bridgehead atoms. The molecule has 0 aromatic heterocycles. The quantitative estimate of drug-likeness (QED) is 0.672. The lowest BCUT2D eigenvalue weighted by molar-refractivity contribution is 0.179. The first kappa shape index (κ1) is 16.9. The molecular weight excluding hydrogens is 208 g/mol. The van der Waals surface area contributed by atoms with Crippen molar-refractivity contribution < 1.29 is 0 Å². The monoisotopic (exact) mass is 242 g/mol. The van der Waals surface area contributed by atoms with E-state index in [0.29, 0.717) is 5.92 Å². The van der Waals surface area contributed by atoms with Crippen LogP contribution in [0.15, 0.2) is 0 Å². The Kier molecular flexibility index (Phi) is 8.89. The predicted molar refractivity (Wildman–Crippen MR) is 78.1 cm³/mol. The molecule has 17 heavy (non-hydrogen) atoms. The van der Waals surface area contributed by atoms with E-state index < -0.39 is 0 Å². The average Bonchev–Trinajstić information content (AvgIpc) is 2.13. The minimum atomic E-state index is 0.660. The zero-order valence-electron chi connectivity index (χ0n) is 12.9. The maximum atomic E-state index is 5.90. The molecule has 0 aliphatic rings. The number of hydrogen-bond donors (Lipinski definition) is 1. The van der Waals surface area contributed by atoms with Crippen LogP contribution in [-0.4, -0.2) is 31.1 Å². The van der Waals surface area contributed by atoms with Crippen LogP contribution in [-0.2, 0) is 0 Å². The molecule has 2 heteroatoms. The van der Waals surface area contributed by atoms with E-state index in [1.54, 1.807) is 0 Å². The van der Waals surface area contributed by atoms with Crippen LogP contribution in [0, 0.1) is 23.7 Å². The van der Waals surface area contributed by atoms with Gasteiger partial charge in [0.15, 0.2) is 0 Å². The van der Waals surface area contributed by atoms with E-state index in [-0.39, 0.29) is 0 Å². The normalized spacial score (nSPS) is 14.3. The van der Waals surface area contributed by atoms with Crippen LogP contribution >= 0.6 is 0 Å². The van der Waals surface area contributed by atoms with Gasteiger partial charge in [-0.05, 0) is 36.6 Å². The SMILES string of the molecule is CC(C)CC(CN)CN(CC(C)C)CC(C)C. The summed E-state index contributed by atoms with van der Waals surface area (Å²) in [5.41, 5.74) is 5.90. The van der Waals surface area contributed by atoms with Gasteiger partial charge in [-0.25, -0.2) is 0 Å². The van der Waals surface area contributed by atoms with Crippen LogP contribution in [0.5, 0.6) is 0 Å². The van der Waals surface area contributed by atoms with Gasteiger partial charge in [-0.15, -0.1) is 0 Å². The number of nitrogens with two attached hydrogens (primary N) is 1. The molecule has 0 heterocycles. The average molecular weight is 242 g/mol. The van der Waals surface area contributed by atoms with Crippen molar-refractivity contribution in [3.8, 4) is 0 Å². The Bertz CT molecular complexity index is 166. The van der Waals surface area contributed by atoms with Gasteiger partial charge < -0.3 is 10.6 Å². The highest BCUT2D eigenvalue weighted by Gasteiger charge is 2.16. The van der Waals surface area contributed by atoms with Gasteiger partial charge in [0.2, 0.25) is 0 Å². The minimum Gasteiger partial charge on any atom is -0.330 e. The van der Waals surface area contributed by atoms with E-state index in [0.717, 1.165) is 24.3 Å². The Balaban J connectivity index is 4.26. The molecule has 1 atom stereocenters. The summed E-state index contributed by atoms with van der Waals surface area (Å²) in [6.07, 6.45) is 1.25. The summed E-state index contributed by atoms with van der Waals surface area (Å²) in [6, 6.07) is 0. The molecule has 0 rings (SSSR count). The molecule has 0 spiro atoms. The standard InChI is InChI=1S/C15H34N2/c1-12(2)7-15(8-16)11-17(9-13(3)4)10-14(5)6/h12-15H,7-11,16H2,1-6H3. The second-order valence-corrected chi connectivity index (χ2v) is 6.74. The third kappa shape index (κ3) is 9.61. The number of nitrogens with zero attached hydrogens (tertiary/aromatic N) is 1. The largest absolute Gasteiger partial charge is 0.330 e. The molecule has 0 amide bonds. The summed E-state index contributed by atoms with van der Waals surface area (Å²) in [4.78, 5) is 2.61. The molecular formula is C15H34N2. The highest BCUT2D eigenvalue weighted by atomic mass is 15.1. The van der Waals surface area contributed by atoms with E-state index in [1.807, 2.05) is 0 Å². The third-order valence-corrected chi connectivity index (χ3v) is 2.90. The zero-order chi connectivity index (χ0) is 13.4. The lowest BCUT2D eigenvalue weighted by atomic mass is 9.96. The number of hydrogen-bond acceptors (Lipinski definition) is 2. The molecule has 0 aliphatic heterocycles. The molecule has 0 radical (unpaired) electrons. The Morgan fingerprint density at radius 1 is 0.765 bits per heavy atom. The molecule has 104 valence electrons. The van der Waals surface area contributed by atoms with Crippen LogP contribution in [0.4, 0.5) is 0 Å². The summed E-state index contributed by atoms with van der Waals surface area (Å²) in [5.74, 6) is 2.90. The van der Waals surface area contributed by atoms with Gasteiger partial charge in [0.05, 0.1) is 0 Å². The van der Waals surface area contributed by atoms with E-state index in [4.69, 9.17) is 5.73 Å². The van der Waals surface area contributed by atoms with Crippen molar-refractivity contribution in [2.24, 2.45) is 29.4 Å².